The zero-order valence-corrected chi connectivity index (χ0v) is 7.43. The molecule has 1 amide bonds. The zero-order chi connectivity index (χ0) is 9.14. The first-order valence-electron chi connectivity index (χ1n) is 3.04. The molecule has 0 unspecified atom stereocenters. The van der Waals surface area contributed by atoms with Gasteiger partial charge < -0.3 is 0 Å². The Balaban J connectivity index is 3.08. The monoisotopic (exact) mass is 233 g/mol. The fourth-order valence-electron chi connectivity index (χ4n) is 0.749. The minimum absolute atomic E-state index is 0.0596. The van der Waals surface area contributed by atoms with Gasteiger partial charge in [0.1, 0.15) is 5.82 Å². The molecule has 0 atom stereocenters. The third kappa shape index (κ3) is 2.02. The number of halogens is 2. The minimum Gasteiger partial charge on any atom is -0.288 e. The minimum atomic E-state index is -0.741. The smallest absolute Gasteiger partial charge is 0.274 e. The summed E-state index contributed by atoms with van der Waals surface area (Å²) < 4.78 is 13.1. The third-order valence-corrected chi connectivity index (χ3v) is 1.68. The first-order chi connectivity index (χ1) is 5.63. The highest BCUT2D eigenvalue weighted by Gasteiger charge is 2.06. The molecule has 3 nitrogen and oxygen atoms in total. The Kier molecular flexibility index (Phi) is 2.78. The highest BCUT2D eigenvalue weighted by molar-refractivity contribution is 9.10. The van der Waals surface area contributed by atoms with Crippen LogP contribution in [0.2, 0.25) is 0 Å². The molecule has 0 saturated heterocycles. The number of hydrogen-bond donors (Lipinski definition) is 2. The summed E-state index contributed by atoms with van der Waals surface area (Å²) in [5.41, 5.74) is 1.47. The van der Waals surface area contributed by atoms with E-state index in [1.807, 2.05) is 0 Å². The van der Waals surface area contributed by atoms with E-state index in [1.165, 1.54) is 17.6 Å². The van der Waals surface area contributed by atoms with Crippen molar-refractivity contribution in [2.45, 2.75) is 0 Å². The van der Waals surface area contributed by atoms with Gasteiger partial charge in [0.05, 0.1) is 0 Å². The maximum Gasteiger partial charge on any atom is 0.274 e. The van der Waals surface area contributed by atoms with Gasteiger partial charge in [-0.25, -0.2) is 9.87 Å². The molecule has 0 saturated carbocycles. The van der Waals surface area contributed by atoms with Crippen molar-refractivity contribution in [3.05, 3.63) is 34.1 Å². The van der Waals surface area contributed by atoms with Crippen LogP contribution in [0.1, 0.15) is 10.4 Å². The number of carbonyl (C=O) groups is 1. The topological polar surface area (TPSA) is 49.3 Å². The highest BCUT2D eigenvalue weighted by Crippen LogP contribution is 2.14. The highest BCUT2D eigenvalue weighted by atomic mass is 79.9. The Hall–Kier alpha value is -0.940. The number of benzene rings is 1. The van der Waals surface area contributed by atoms with Crippen LogP contribution >= 0.6 is 15.9 Å². The zero-order valence-electron chi connectivity index (χ0n) is 5.84. The van der Waals surface area contributed by atoms with E-state index in [1.54, 1.807) is 0 Å². The predicted molar refractivity (Wildman–Crippen MR) is 43.4 cm³/mol. The van der Waals surface area contributed by atoms with Crippen LogP contribution in [0.25, 0.3) is 0 Å². The largest absolute Gasteiger partial charge is 0.288 e. The Morgan fingerprint density at radius 1 is 1.50 bits per heavy atom. The van der Waals surface area contributed by atoms with E-state index in [0.717, 1.165) is 6.07 Å². The standard InChI is InChI=1S/C7H5BrFNO2/c8-5-1-4(7(11)10-12)2-6(9)3-5/h1-3,12H,(H,10,11). The lowest BCUT2D eigenvalue weighted by molar-refractivity contribution is 0.0706. The van der Waals surface area contributed by atoms with Crippen molar-refractivity contribution in [2.24, 2.45) is 0 Å². The molecule has 1 aromatic rings. The molecule has 0 aliphatic heterocycles. The maximum absolute atomic E-state index is 12.6. The van der Waals surface area contributed by atoms with Crippen LogP contribution in [-0.4, -0.2) is 11.1 Å². The van der Waals surface area contributed by atoms with Gasteiger partial charge in [-0.05, 0) is 18.2 Å². The fraction of sp³-hybridized carbons (Fsp3) is 0. The Labute approximate surface area is 76.3 Å². The van der Waals surface area contributed by atoms with E-state index in [4.69, 9.17) is 5.21 Å². The van der Waals surface area contributed by atoms with Gasteiger partial charge in [0, 0.05) is 10.0 Å². The second-order valence-corrected chi connectivity index (χ2v) is 3.01. The molecular weight excluding hydrogens is 229 g/mol. The first kappa shape index (κ1) is 9.15. The number of hydrogen-bond acceptors (Lipinski definition) is 2. The normalized spacial score (nSPS) is 9.58. The van der Waals surface area contributed by atoms with Gasteiger partial charge in [0.2, 0.25) is 0 Å². The second kappa shape index (κ2) is 3.64. The Morgan fingerprint density at radius 2 is 2.17 bits per heavy atom. The van der Waals surface area contributed by atoms with Gasteiger partial charge in [0.15, 0.2) is 0 Å². The summed E-state index contributed by atoms with van der Waals surface area (Å²) in [6, 6.07) is 3.64. The quantitative estimate of drug-likeness (QED) is 0.574. The van der Waals surface area contributed by atoms with E-state index in [9.17, 15) is 9.18 Å². The molecule has 12 heavy (non-hydrogen) atoms. The number of nitrogens with one attached hydrogen (secondary N) is 1. The van der Waals surface area contributed by atoms with E-state index >= 15 is 0 Å². The summed E-state index contributed by atoms with van der Waals surface area (Å²) in [4.78, 5) is 10.8. The molecule has 0 aromatic heterocycles. The average Bonchev–Trinajstić information content (AvgIpc) is 2.01. The lowest BCUT2D eigenvalue weighted by Gasteiger charge is -1.99. The molecule has 0 heterocycles. The molecule has 0 fully saturated rings. The summed E-state index contributed by atoms with van der Waals surface area (Å²) in [5.74, 6) is -1.28. The number of rotatable bonds is 1. The molecule has 0 spiro atoms. The predicted octanol–water partition coefficient (Wildman–Crippen LogP) is 1.71. The molecule has 2 N–H and O–H groups in total. The van der Waals surface area contributed by atoms with Gasteiger partial charge in [-0.3, -0.25) is 10.0 Å². The van der Waals surface area contributed by atoms with E-state index < -0.39 is 11.7 Å². The van der Waals surface area contributed by atoms with Crippen molar-refractivity contribution < 1.29 is 14.4 Å². The first-order valence-corrected chi connectivity index (χ1v) is 3.83. The van der Waals surface area contributed by atoms with Gasteiger partial charge in [-0.2, -0.15) is 0 Å². The van der Waals surface area contributed by atoms with Crippen molar-refractivity contribution in [3.63, 3.8) is 0 Å². The van der Waals surface area contributed by atoms with E-state index in [-0.39, 0.29) is 5.56 Å². The van der Waals surface area contributed by atoms with E-state index in [0.29, 0.717) is 4.47 Å². The molecule has 1 aromatic carbocycles. The van der Waals surface area contributed by atoms with Gasteiger partial charge in [0.25, 0.3) is 5.91 Å². The van der Waals surface area contributed by atoms with Crippen LogP contribution in [0.3, 0.4) is 0 Å². The molecule has 0 radical (unpaired) electrons. The summed E-state index contributed by atoms with van der Waals surface area (Å²) in [6.45, 7) is 0. The van der Waals surface area contributed by atoms with Crippen LogP contribution in [0.5, 0.6) is 0 Å². The molecule has 0 bridgehead atoms. The summed E-state index contributed by atoms with van der Waals surface area (Å²) in [6.07, 6.45) is 0. The van der Waals surface area contributed by atoms with Crippen LogP contribution in [-0.2, 0) is 0 Å². The van der Waals surface area contributed by atoms with Crippen molar-refractivity contribution in [3.8, 4) is 0 Å². The lowest BCUT2D eigenvalue weighted by Crippen LogP contribution is -2.18. The van der Waals surface area contributed by atoms with Crippen LogP contribution in [0, 0.1) is 5.82 Å². The summed E-state index contributed by atoms with van der Waals surface area (Å²) >= 11 is 3.01. The molecule has 0 aliphatic carbocycles. The summed E-state index contributed by atoms with van der Waals surface area (Å²) in [5, 5.41) is 8.23. The lowest BCUT2D eigenvalue weighted by atomic mass is 10.2. The van der Waals surface area contributed by atoms with Crippen LogP contribution in [0.4, 0.5) is 4.39 Å². The molecule has 64 valence electrons. The number of hydroxylamine groups is 1. The molecule has 0 aliphatic rings. The molecular formula is C7H5BrFNO2. The van der Waals surface area contributed by atoms with Gasteiger partial charge >= 0.3 is 0 Å². The van der Waals surface area contributed by atoms with Crippen LogP contribution in [0.15, 0.2) is 22.7 Å². The van der Waals surface area contributed by atoms with E-state index in [2.05, 4.69) is 15.9 Å². The van der Waals surface area contributed by atoms with Crippen molar-refractivity contribution in [1.82, 2.24) is 5.48 Å². The third-order valence-electron chi connectivity index (χ3n) is 1.23. The molecule has 1 rings (SSSR count). The van der Waals surface area contributed by atoms with Crippen molar-refractivity contribution in [2.75, 3.05) is 0 Å². The average molecular weight is 234 g/mol. The second-order valence-electron chi connectivity index (χ2n) is 2.10. The Morgan fingerprint density at radius 3 is 2.67 bits per heavy atom. The number of amides is 1. The van der Waals surface area contributed by atoms with Gasteiger partial charge in [-0.15, -0.1) is 0 Å². The van der Waals surface area contributed by atoms with Crippen molar-refractivity contribution in [1.29, 1.82) is 0 Å². The Bertz CT molecular complexity index is 296. The number of carbonyl (C=O) groups excluding carboxylic acids is 1. The SMILES string of the molecule is O=C(NO)c1cc(F)cc(Br)c1. The van der Waals surface area contributed by atoms with Gasteiger partial charge in [-0.1, -0.05) is 15.9 Å². The molecule has 5 heteroatoms. The summed E-state index contributed by atoms with van der Waals surface area (Å²) in [7, 11) is 0. The fourth-order valence-corrected chi connectivity index (χ4v) is 1.21. The van der Waals surface area contributed by atoms with Crippen molar-refractivity contribution >= 4 is 21.8 Å². The van der Waals surface area contributed by atoms with Crippen LogP contribution < -0.4 is 5.48 Å². The maximum atomic E-state index is 12.6.